The summed E-state index contributed by atoms with van der Waals surface area (Å²) < 4.78 is 10.6. The molecule has 0 spiro atoms. The van der Waals surface area contributed by atoms with Gasteiger partial charge in [0.2, 0.25) is 0 Å². The smallest absolute Gasteiger partial charge is 0.191 e. The Labute approximate surface area is 161 Å². The molecule has 2 saturated carbocycles. The maximum absolute atomic E-state index is 5.35. The number of rotatable bonds is 7. The normalized spacial score (nSPS) is 18.4. The lowest BCUT2D eigenvalue weighted by atomic mass is 10.0. The first kappa shape index (κ1) is 19.1. The molecule has 0 amide bonds. The van der Waals surface area contributed by atoms with Crippen LogP contribution >= 0.6 is 24.0 Å². The molecule has 0 unspecified atom stereocenters. The largest absolute Gasteiger partial charge is 0.493 e. The summed E-state index contributed by atoms with van der Waals surface area (Å²) in [5.41, 5.74) is 1.70. The Hall–Kier alpha value is -1.18. The molecule has 2 aliphatic rings. The van der Waals surface area contributed by atoms with Crippen molar-refractivity contribution in [1.29, 1.82) is 0 Å². The molecule has 24 heavy (non-hydrogen) atoms. The van der Waals surface area contributed by atoms with Crippen molar-refractivity contribution in [3.63, 3.8) is 0 Å². The molecule has 2 fully saturated rings. The van der Waals surface area contributed by atoms with Gasteiger partial charge in [-0.15, -0.1) is 24.0 Å². The van der Waals surface area contributed by atoms with E-state index in [-0.39, 0.29) is 24.0 Å². The molecule has 6 heteroatoms. The zero-order valence-corrected chi connectivity index (χ0v) is 17.1. The van der Waals surface area contributed by atoms with E-state index >= 15 is 0 Å². The number of aliphatic imine (C=N–C) groups is 1. The monoisotopic (exact) mass is 445 g/mol. The van der Waals surface area contributed by atoms with E-state index in [0.717, 1.165) is 35.5 Å². The molecule has 0 radical (unpaired) electrons. The van der Waals surface area contributed by atoms with E-state index in [1.54, 1.807) is 14.2 Å². The summed E-state index contributed by atoms with van der Waals surface area (Å²) in [5, 5.41) is 6.87. The summed E-state index contributed by atoms with van der Waals surface area (Å²) in [7, 11) is 5.12. The number of guanidine groups is 1. The van der Waals surface area contributed by atoms with Gasteiger partial charge < -0.3 is 20.1 Å². The van der Waals surface area contributed by atoms with Crippen LogP contribution in [0.3, 0.4) is 0 Å². The molecule has 2 N–H and O–H groups in total. The quantitative estimate of drug-likeness (QED) is 0.385. The molecular weight excluding hydrogens is 417 g/mol. The summed E-state index contributed by atoms with van der Waals surface area (Å²) in [6.45, 7) is 1.75. The number of hydrogen-bond acceptors (Lipinski definition) is 3. The first-order valence-electron chi connectivity index (χ1n) is 8.36. The Bertz CT molecular complexity index is 584. The van der Waals surface area contributed by atoms with Gasteiger partial charge in [-0.05, 0) is 54.7 Å². The maximum atomic E-state index is 5.35. The molecule has 0 saturated heterocycles. The zero-order chi connectivity index (χ0) is 16.3. The van der Waals surface area contributed by atoms with Gasteiger partial charge in [0.05, 0.1) is 14.2 Å². The Morgan fingerprint density at radius 3 is 2.42 bits per heavy atom. The number of nitrogens with one attached hydrogen (secondary N) is 2. The fourth-order valence-electron chi connectivity index (χ4n) is 3.24. The lowest BCUT2D eigenvalue weighted by Gasteiger charge is -2.18. The van der Waals surface area contributed by atoms with Crippen LogP contribution < -0.4 is 20.1 Å². The number of methoxy groups -OCH3 is 2. The number of nitrogens with zero attached hydrogens (tertiary/aromatic N) is 1. The third-order valence-electron chi connectivity index (χ3n) is 5.08. The van der Waals surface area contributed by atoms with E-state index < -0.39 is 0 Å². The zero-order valence-electron chi connectivity index (χ0n) is 14.7. The summed E-state index contributed by atoms with van der Waals surface area (Å²) in [5.74, 6) is 3.32. The summed E-state index contributed by atoms with van der Waals surface area (Å²) in [6, 6.07) is 5.96. The van der Waals surface area contributed by atoms with Gasteiger partial charge in [-0.25, -0.2) is 0 Å². The molecule has 0 aromatic heterocycles. The minimum absolute atomic E-state index is 0. The highest BCUT2D eigenvalue weighted by molar-refractivity contribution is 14.0. The minimum atomic E-state index is 0. The van der Waals surface area contributed by atoms with Gasteiger partial charge in [0.25, 0.3) is 0 Å². The predicted octanol–water partition coefficient (Wildman–Crippen LogP) is 3.18. The highest BCUT2D eigenvalue weighted by Gasteiger charge is 2.53. The highest BCUT2D eigenvalue weighted by atomic mass is 127. The fourth-order valence-corrected chi connectivity index (χ4v) is 3.24. The third-order valence-corrected chi connectivity index (χ3v) is 5.08. The van der Waals surface area contributed by atoms with E-state index in [1.807, 2.05) is 25.2 Å². The van der Waals surface area contributed by atoms with Crippen LogP contribution in [0.15, 0.2) is 23.2 Å². The van der Waals surface area contributed by atoms with E-state index in [4.69, 9.17) is 9.47 Å². The van der Waals surface area contributed by atoms with Crippen molar-refractivity contribution in [3.05, 3.63) is 23.8 Å². The van der Waals surface area contributed by atoms with Gasteiger partial charge in [0.15, 0.2) is 17.5 Å². The van der Waals surface area contributed by atoms with Crippen molar-refractivity contribution in [2.45, 2.75) is 32.2 Å². The van der Waals surface area contributed by atoms with Gasteiger partial charge in [-0.3, -0.25) is 4.99 Å². The topological polar surface area (TPSA) is 54.9 Å². The number of hydrogen-bond donors (Lipinski definition) is 2. The van der Waals surface area contributed by atoms with Crippen molar-refractivity contribution >= 4 is 29.9 Å². The second kappa shape index (κ2) is 8.27. The Balaban J connectivity index is 0.00000208. The Kier molecular flexibility index (Phi) is 6.60. The van der Waals surface area contributed by atoms with Crippen LogP contribution in [-0.4, -0.2) is 33.8 Å². The molecule has 1 aromatic rings. The first-order chi connectivity index (χ1) is 11.2. The van der Waals surface area contributed by atoms with Gasteiger partial charge in [-0.2, -0.15) is 0 Å². The Morgan fingerprint density at radius 1 is 1.17 bits per heavy atom. The molecule has 0 atom stereocenters. The predicted molar refractivity (Wildman–Crippen MR) is 108 cm³/mol. The van der Waals surface area contributed by atoms with Crippen molar-refractivity contribution in [2.24, 2.45) is 16.3 Å². The fraction of sp³-hybridized carbons (Fsp3) is 0.611. The molecular formula is C18H28IN3O2. The molecule has 5 nitrogen and oxygen atoms in total. The molecule has 0 heterocycles. The molecule has 1 aromatic carbocycles. The minimum Gasteiger partial charge on any atom is -0.493 e. The average Bonchev–Trinajstić information content (AvgIpc) is 3.47. The summed E-state index contributed by atoms with van der Waals surface area (Å²) >= 11 is 0. The SMILES string of the molecule is CN=C(NCc1ccc(OC)c(OC)c1)NCC1(C2CC2)CC1.I. The van der Waals surface area contributed by atoms with Gasteiger partial charge in [0.1, 0.15) is 0 Å². The molecule has 0 bridgehead atoms. The van der Waals surface area contributed by atoms with Crippen molar-refractivity contribution in [3.8, 4) is 11.5 Å². The standard InChI is InChI=1S/C18H27N3O2.HI/c1-19-17(21-12-18(8-9-18)14-5-6-14)20-11-13-4-7-15(22-2)16(10-13)23-3;/h4,7,10,14H,5-6,8-9,11-12H2,1-3H3,(H2,19,20,21);1H. The summed E-state index contributed by atoms with van der Waals surface area (Å²) in [4.78, 5) is 4.33. The number of benzene rings is 1. The number of ether oxygens (including phenoxy) is 2. The summed E-state index contributed by atoms with van der Waals surface area (Å²) in [6.07, 6.45) is 5.58. The van der Waals surface area contributed by atoms with Gasteiger partial charge in [-0.1, -0.05) is 6.07 Å². The van der Waals surface area contributed by atoms with Gasteiger partial charge in [0, 0.05) is 20.1 Å². The Morgan fingerprint density at radius 2 is 1.88 bits per heavy atom. The van der Waals surface area contributed by atoms with E-state index in [9.17, 15) is 0 Å². The van der Waals surface area contributed by atoms with Crippen LogP contribution in [0.1, 0.15) is 31.2 Å². The second-order valence-corrected chi connectivity index (χ2v) is 6.61. The highest BCUT2D eigenvalue weighted by Crippen LogP contribution is 2.60. The van der Waals surface area contributed by atoms with Crippen molar-refractivity contribution < 1.29 is 9.47 Å². The van der Waals surface area contributed by atoms with E-state index in [1.165, 1.54) is 25.7 Å². The molecule has 134 valence electrons. The first-order valence-corrected chi connectivity index (χ1v) is 8.36. The van der Waals surface area contributed by atoms with Crippen LogP contribution in [-0.2, 0) is 6.54 Å². The van der Waals surface area contributed by atoms with Crippen LogP contribution in [0, 0.1) is 11.3 Å². The van der Waals surface area contributed by atoms with E-state index in [0.29, 0.717) is 12.0 Å². The van der Waals surface area contributed by atoms with Crippen LogP contribution in [0.2, 0.25) is 0 Å². The van der Waals surface area contributed by atoms with Crippen LogP contribution in [0.25, 0.3) is 0 Å². The van der Waals surface area contributed by atoms with Crippen molar-refractivity contribution in [2.75, 3.05) is 27.8 Å². The average molecular weight is 445 g/mol. The second-order valence-electron chi connectivity index (χ2n) is 6.61. The molecule has 2 aliphatic carbocycles. The van der Waals surface area contributed by atoms with Crippen LogP contribution in [0.5, 0.6) is 11.5 Å². The third kappa shape index (κ3) is 4.46. The van der Waals surface area contributed by atoms with Crippen molar-refractivity contribution in [1.82, 2.24) is 10.6 Å². The number of halogens is 1. The van der Waals surface area contributed by atoms with Crippen LogP contribution in [0.4, 0.5) is 0 Å². The van der Waals surface area contributed by atoms with E-state index in [2.05, 4.69) is 15.6 Å². The molecule has 3 rings (SSSR count). The van der Waals surface area contributed by atoms with Gasteiger partial charge >= 0.3 is 0 Å². The maximum Gasteiger partial charge on any atom is 0.191 e. The lowest BCUT2D eigenvalue weighted by Crippen LogP contribution is -2.40. The lowest BCUT2D eigenvalue weighted by molar-refractivity contribution is 0.354. The molecule has 0 aliphatic heterocycles.